The lowest BCUT2D eigenvalue weighted by Crippen LogP contribution is -2.30. The molecule has 0 aromatic heterocycles. The average Bonchev–Trinajstić information content (AvgIpc) is 3.47. The van der Waals surface area contributed by atoms with Crippen molar-refractivity contribution in [3.05, 3.63) is 198 Å². The van der Waals surface area contributed by atoms with E-state index in [1.54, 1.807) is 5.57 Å². The van der Waals surface area contributed by atoms with Gasteiger partial charge < -0.3 is 9.80 Å². The monoisotopic (exact) mass is 664 g/mol. The van der Waals surface area contributed by atoms with Crippen LogP contribution in [0.4, 0.5) is 22.7 Å². The molecular weight excluding hydrogens is 617 g/mol. The van der Waals surface area contributed by atoms with E-state index in [0.29, 0.717) is 0 Å². The molecule has 2 heteroatoms. The highest BCUT2D eigenvalue weighted by Gasteiger charge is 2.39. The van der Waals surface area contributed by atoms with Crippen LogP contribution in [0.2, 0.25) is 0 Å². The minimum atomic E-state index is 0.0882. The second-order valence-corrected chi connectivity index (χ2v) is 14.2. The predicted molar refractivity (Wildman–Crippen MR) is 217 cm³/mol. The summed E-state index contributed by atoms with van der Waals surface area (Å²) in [7, 11) is 0. The number of nitrogens with zero attached hydrogens (tertiary/aromatic N) is 2. The molecular formula is C49H48N2. The van der Waals surface area contributed by atoms with Crippen LogP contribution in [0.3, 0.4) is 0 Å². The maximum Gasteiger partial charge on any atom is 0.0461 e. The Morgan fingerprint density at radius 2 is 1.12 bits per heavy atom. The standard InChI is InChI=1S/C49H48N2/c1-6-17-39(18-7-1)40-27-32-47(33-28-40)51(45-24-12-4-13-25-45)46-26-16-19-41(29-34-46)49(37-14-5-15-38-49)42-30-35-48(36-31-42)50(43-20-8-2-9-21-43)44-22-10-3-11-23-44/h2-4,6,8-13,17-30,32-35H,1,5,7,14-16,31,36-38H2. The largest absolute Gasteiger partial charge is 0.314 e. The Morgan fingerprint density at radius 1 is 0.490 bits per heavy atom. The molecule has 0 atom stereocenters. The van der Waals surface area contributed by atoms with Crippen LogP contribution in [-0.4, -0.2) is 0 Å². The first-order chi connectivity index (χ1) is 25.3. The molecule has 2 nitrogen and oxygen atoms in total. The minimum absolute atomic E-state index is 0.0882. The molecule has 1 fully saturated rings. The van der Waals surface area contributed by atoms with E-state index in [1.807, 2.05) is 0 Å². The molecule has 4 aromatic rings. The topological polar surface area (TPSA) is 6.48 Å². The third-order valence-corrected chi connectivity index (χ3v) is 11.1. The Kier molecular flexibility index (Phi) is 9.83. The molecule has 4 aromatic carbocycles. The van der Waals surface area contributed by atoms with Gasteiger partial charge in [-0.15, -0.1) is 0 Å². The lowest BCUT2D eigenvalue weighted by Gasteiger charge is -2.43. The van der Waals surface area contributed by atoms with Crippen molar-refractivity contribution in [2.45, 2.75) is 64.2 Å². The second-order valence-electron chi connectivity index (χ2n) is 14.2. The molecule has 4 aliphatic rings. The zero-order valence-corrected chi connectivity index (χ0v) is 29.6. The van der Waals surface area contributed by atoms with Crippen molar-refractivity contribution in [1.82, 2.24) is 0 Å². The van der Waals surface area contributed by atoms with E-state index >= 15 is 0 Å². The summed E-state index contributed by atoms with van der Waals surface area (Å²) in [5, 5.41) is 0. The van der Waals surface area contributed by atoms with Gasteiger partial charge in [-0.25, -0.2) is 0 Å². The number of rotatable bonds is 9. The summed E-state index contributed by atoms with van der Waals surface area (Å²) in [4.78, 5) is 4.86. The van der Waals surface area contributed by atoms with Crippen LogP contribution in [-0.2, 0) is 0 Å². The van der Waals surface area contributed by atoms with Crippen LogP contribution in [0.15, 0.2) is 192 Å². The molecule has 0 spiro atoms. The second kappa shape index (κ2) is 15.3. The molecule has 51 heavy (non-hydrogen) atoms. The maximum atomic E-state index is 2.53. The van der Waals surface area contributed by atoms with Crippen molar-refractivity contribution in [3.63, 3.8) is 0 Å². The summed E-state index contributed by atoms with van der Waals surface area (Å²) >= 11 is 0. The Labute approximate surface area is 304 Å². The van der Waals surface area contributed by atoms with Gasteiger partial charge in [-0.1, -0.05) is 134 Å². The van der Waals surface area contributed by atoms with Gasteiger partial charge in [-0.2, -0.15) is 0 Å². The molecule has 0 aliphatic heterocycles. The predicted octanol–water partition coefficient (Wildman–Crippen LogP) is 13.7. The smallest absolute Gasteiger partial charge is 0.0461 e. The quantitative estimate of drug-likeness (QED) is 0.176. The van der Waals surface area contributed by atoms with Crippen molar-refractivity contribution in [2.24, 2.45) is 5.41 Å². The van der Waals surface area contributed by atoms with E-state index in [9.17, 15) is 0 Å². The minimum Gasteiger partial charge on any atom is -0.314 e. The van der Waals surface area contributed by atoms with Crippen LogP contribution in [0, 0.1) is 5.41 Å². The van der Waals surface area contributed by atoms with Crippen LogP contribution < -0.4 is 9.80 Å². The molecule has 0 amide bonds. The molecule has 0 saturated heterocycles. The van der Waals surface area contributed by atoms with E-state index in [0.717, 1.165) is 32.1 Å². The van der Waals surface area contributed by atoms with Crippen molar-refractivity contribution in [1.29, 1.82) is 0 Å². The van der Waals surface area contributed by atoms with E-state index < -0.39 is 0 Å². The first kappa shape index (κ1) is 32.8. The third-order valence-electron chi connectivity index (χ3n) is 11.1. The number of para-hydroxylation sites is 3. The molecule has 1 saturated carbocycles. The summed E-state index contributed by atoms with van der Waals surface area (Å²) in [6.45, 7) is 0. The molecule has 4 aliphatic carbocycles. The van der Waals surface area contributed by atoms with Crippen molar-refractivity contribution >= 4 is 28.3 Å². The highest BCUT2D eigenvalue weighted by molar-refractivity contribution is 5.78. The van der Waals surface area contributed by atoms with Gasteiger partial charge in [0.15, 0.2) is 0 Å². The molecule has 0 heterocycles. The van der Waals surface area contributed by atoms with E-state index in [2.05, 4.69) is 180 Å². The number of hydrogen-bond acceptors (Lipinski definition) is 2. The van der Waals surface area contributed by atoms with E-state index in [-0.39, 0.29) is 5.41 Å². The van der Waals surface area contributed by atoms with Crippen LogP contribution in [0.5, 0.6) is 0 Å². The van der Waals surface area contributed by atoms with Gasteiger partial charge >= 0.3 is 0 Å². The molecule has 8 rings (SSSR count). The van der Waals surface area contributed by atoms with Gasteiger partial charge in [-0.05, 0) is 122 Å². The normalized spacial score (nSPS) is 18.4. The van der Waals surface area contributed by atoms with Crippen molar-refractivity contribution in [3.8, 4) is 0 Å². The Morgan fingerprint density at radius 3 is 1.71 bits per heavy atom. The van der Waals surface area contributed by atoms with Gasteiger partial charge in [0.05, 0.1) is 0 Å². The van der Waals surface area contributed by atoms with Crippen LogP contribution in [0.1, 0.15) is 69.8 Å². The van der Waals surface area contributed by atoms with E-state index in [1.165, 1.54) is 83.0 Å². The van der Waals surface area contributed by atoms with E-state index in [4.69, 9.17) is 0 Å². The van der Waals surface area contributed by atoms with Gasteiger partial charge in [0, 0.05) is 39.6 Å². The van der Waals surface area contributed by atoms with Crippen LogP contribution in [0.25, 0.3) is 5.57 Å². The first-order valence-corrected chi connectivity index (χ1v) is 19.0. The molecule has 254 valence electrons. The van der Waals surface area contributed by atoms with Crippen molar-refractivity contribution < 1.29 is 0 Å². The summed E-state index contributed by atoms with van der Waals surface area (Å²) in [5.41, 5.74) is 13.2. The fourth-order valence-electron chi connectivity index (χ4n) is 8.59. The van der Waals surface area contributed by atoms with Crippen molar-refractivity contribution in [2.75, 3.05) is 9.80 Å². The highest BCUT2D eigenvalue weighted by atomic mass is 15.2. The Balaban J connectivity index is 1.10. The molecule has 0 unspecified atom stereocenters. The van der Waals surface area contributed by atoms with Gasteiger partial charge in [0.25, 0.3) is 0 Å². The summed E-state index contributed by atoms with van der Waals surface area (Å²) < 4.78 is 0. The number of hydrogen-bond donors (Lipinski definition) is 0. The zero-order chi connectivity index (χ0) is 34.3. The lowest BCUT2D eigenvalue weighted by atomic mass is 9.62. The first-order valence-electron chi connectivity index (χ1n) is 19.0. The summed E-state index contributed by atoms with van der Waals surface area (Å²) in [6.07, 6.45) is 33.3. The highest BCUT2D eigenvalue weighted by Crippen LogP contribution is 2.52. The number of allylic oxidation sites excluding steroid dienone is 13. The van der Waals surface area contributed by atoms with Gasteiger partial charge in [-0.3, -0.25) is 0 Å². The Bertz CT molecular complexity index is 1980. The average molecular weight is 665 g/mol. The maximum absolute atomic E-state index is 2.53. The van der Waals surface area contributed by atoms with Gasteiger partial charge in [0.1, 0.15) is 0 Å². The SMILES string of the molecule is C1=CC(c2ccc(N(C3=CCC=C(C4(C5=CC=C(N(c6ccccc6)c6ccccc6)CC5)CCCCC4)C=C3)c3ccccc3)cc2)=CCC1. The van der Waals surface area contributed by atoms with Crippen LogP contribution >= 0.6 is 0 Å². The third kappa shape index (κ3) is 7.01. The molecule has 0 radical (unpaired) electrons. The molecule has 0 bridgehead atoms. The molecule has 0 N–H and O–H groups in total. The van der Waals surface area contributed by atoms with Gasteiger partial charge in [0.2, 0.25) is 0 Å². The lowest BCUT2D eigenvalue weighted by molar-refractivity contribution is 0.286. The fourth-order valence-corrected chi connectivity index (χ4v) is 8.59. The summed E-state index contributed by atoms with van der Waals surface area (Å²) in [6, 6.07) is 41.6. The number of benzene rings is 4. The summed E-state index contributed by atoms with van der Waals surface area (Å²) in [5.74, 6) is 0. The Hall–Kier alpha value is -5.34. The number of anilines is 4. The zero-order valence-electron chi connectivity index (χ0n) is 29.6. The fraction of sp³-hybridized carbons (Fsp3) is 0.224.